The van der Waals surface area contributed by atoms with Crippen LogP contribution >= 0.6 is 0 Å². The molecule has 11 nitrogen and oxygen atoms in total. The monoisotopic (exact) mass is 709 g/mol. The number of halogens is 5. The number of amides is 2. The van der Waals surface area contributed by atoms with Crippen LogP contribution in [0.3, 0.4) is 0 Å². The molecule has 2 amide bonds. The number of rotatable bonds is 4. The van der Waals surface area contributed by atoms with Gasteiger partial charge in [-0.05, 0) is 56.2 Å². The van der Waals surface area contributed by atoms with E-state index in [-0.39, 0.29) is 22.9 Å². The number of hydrogen-bond acceptors (Lipinski definition) is 6. The quantitative estimate of drug-likeness (QED) is 0.0996. The molecule has 1 aliphatic heterocycles. The van der Waals surface area contributed by atoms with Crippen molar-refractivity contribution in [3.05, 3.63) is 101 Å². The third-order valence-corrected chi connectivity index (χ3v) is 8.92. The third kappa shape index (κ3) is 6.85. The normalized spacial score (nSPS) is 16.0. The van der Waals surface area contributed by atoms with Crippen molar-refractivity contribution in [1.82, 2.24) is 19.7 Å². The molecule has 3 N–H and O–H groups in total. The van der Waals surface area contributed by atoms with Gasteiger partial charge in [-0.15, -0.1) is 0 Å². The van der Waals surface area contributed by atoms with Gasteiger partial charge in [0.15, 0.2) is 17.8 Å². The van der Waals surface area contributed by atoms with Gasteiger partial charge in [0.1, 0.15) is 11.7 Å². The summed E-state index contributed by atoms with van der Waals surface area (Å²) in [6, 6.07) is 9.57. The highest BCUT2D eigenvalue weighted by atomic mass is 19.4. The fourth-order valence-electron chi connectivity index (χ4n) is 6.11. The standard InChI is InChI=1S/C35H32F5N7O4/c1-18-30-22-9-8-21(43-33(49)51-4)14-25(22)44-32(48)34(2,3)13-5-6-23(31(42-18)45-30)26-11-7-19(16-47(26)50)28-27(12-10-24(36)29(28)37)46-17-20(15-41-46)35(38,39)40/h7-12,14-17,23H,5-6,13H2,1-4H3,(H,42,45)(H,43,49)(H,44,48)/t23-/m1/s1. The number of carbonyl (C=O) groups is 2. The van der Waals surface area contributed by atoms with Gasteiger partial charge in [-0.3, -0.25) is 10.1 Å². The van der Waals surface area contributed by atoms with Crippen molar-refractivity contribution in [3.63, 3.8) is 0 Å². The first-order valence-corrected chi connectivity index (χ1v) is 15.8. The van der Waals surface area contributed by atoms with Crippen LogP contribution in [0.25, 0.3) is 28.1 Å². The highest BCUT2D eigenvalue weighted by molar-refractivity contribution is 6.00. The molecule has 16 heteroatoms. The Hall–Kier alpha value is -5.80. The molecular weight excluding hydrogens is 677 g/mol. The summed E-state index contributed by atoms with van der Waals surface area (Å²) in [5.74, 6) is -3.13. The number of methoxy groups -OCH3 is 1. The predicted molar refractivity (Wildman–Crippen MR) is 176 cm³/mol. The summed E-state index contributed by atoms with van der Waals surface area (Å²) in [6.45, 7) is 5.36. The molecule has 0 saturated carbocycles. The number of carbonyl (C=O) groups excluding carboxylic acids is 2. The lowest BCUT2D eigenvalue weighted by molar-refractivity contribution is -0.614. The number of hydrogen-bond donors (Lipinski definition) is 3. The van der Waals surface area contributed by atoms with Crippen LogP contribution in [0.5, 0.6) is 0 Å². The molecule has 4 heterocycles. The fourth-order valence-corrected chi connectivity index (χ4v) is 6.11. The van der Waals surface area contributed by atoms with E-state index in [1.807, 2.05) is 0 Å². The van der Waals surface area contributed by atoms with Crippen LogP contribution in [0.15, 0.2) is 61.1 Å². The molecule has 0 radical (unpaired) electrons. The summed E-state index contributed by atoms with van der Waals surface area (Å²) in [7, 11) is 1.23. The van der Waals surface area contributed by atoms with Crippen molar-refractivity contribution in [2.24, 2.45) is 5.41 Å². The van der Waals surface area contributed by atoms with Gasteiger partial charge >= 0.3 is 12.3 Å². The maximum atomic E-state index is 15.4. The van der Waals surface area contributed by atoms with Crippen LogP contribution < -0.4 is 15.4 Å². The summed E-state index contributed by atoms with van der Waals surface area (Å²) >= 11 is 0. The molecule has 2 aromatic carbocycles. The lowest BCUT2D eigenvalue weighted by atomic mass is 9.83. The van der Waals surface area contributed by atoms with Crippen LogP contribution in [0.4, 0.5) is 38.1 Å². The zero-order valence-corrected chi connectivity index (χ0v) is 27.8. The summed E-state index contributed by atoms with van der Waals surface area (Å²) < 4.78 is 75.8. The molecule has 3 aromatic heterocycles. The van der Waals surface area contributed by atoms with Crippen LogP contribution in [0.1, 0.15) is 61.8 Å². The lowest BCUT2D eigenvalue weighted by Crippen LogP contribution is -2.34. The summed E-state index contributed by atoms with van der Waals surface area (Å²) in [4.78, 5) is 33.5. The summed E-state index contributed by atoms with van der Waals surface area (Å²) in [6.07, 6.45) is -1.92. The van der Waals surface area contributed by atoms with Gasteiger partial charge in [0.2, 0.25) is 11.6 Å². The Bertz CT molecular complexity index is 2160. The van der Waals surface area contributed by atoms with Crippen LogP contribution in [-0.2, 0) is 15.7 Å². The van der Waals surface area contributed by atoms with Gasteiger partial charge in [-0.1, -0.05) is 20.3 Å². The molecule has 0 fully saturated rings. The largest absolute Gasteiger partial charge is 0.618 e. The second-order valence-corrected chi connectivity index (χ2v) is 12.9. The molecule has 0 saturated heterocycles. The number of alkyl halides is 3. The molecule has 0 unspecified atom stereocenters. The van der Waals surface area contributed by atoms with E-state index in [0.717, 1.165) is 23.0 Å². The van der Waals surface area contributed by atoms with E-state index >= 15 is 4.39 Å². The van der Waals surface area contributed by atoms with E-state index < -0.39 is 46.4 Å². The van der Waals surface area contributed by atoms with Gasteiger partial charge in [-0.2, -0.15) is 23.0 Å². The van der Waals surface area contributed by atoms with Gasteiger partial charge in [0.25, 0.3) is 0 Å². The average molecular weight is 710 g/mol. The third-order valence-electron chi connectivity index (χ3n) is 8.92. The second kappa shape index (κ2) is 13.2. The van der Waals surface area contributed by atoms with E-state index in [1.165, 1.54) is 19.2 Å². The average Bonchev–Trinajstić information content (AvgIpc) is 3.72. The number of aromatic nitrogens is 5. The Labute approximate surface area is 288 Å². The van der Waals surface area contributed by atoms with E-state index in [0.29, 0.717) is 70.5 Å². The number of pyridine rings is 1. The number of ether oxygens (including phenoxy) is 1. The molecule has 2 bridgehead atoms. The molecule has 6 rings (SSSR count). The first-order chi connectivity index (χ1) is 24.1. The molecular formula is C35H32F5N7O4. The Balaban J connectivity index is 1.44. The maximum absolute atomic E-state index is 15.4. The Morgan fingerprint density at radius 1 is 1.16 bits per heavy atom. The number of H-pyrrole nitrogens is 1. The minimum Gasteiger partial charge on any atom is -0.618 e. The van der Waals surface area contributed by atoms with E-state index in [1.54, 1.807) is 39.0 Å². The lowest BCUT2D eigenvalue weighted by Gasteiger charge is -2.26. The molecule has 0 spiro atoms. The maximum Gasteiger partial charge on any atom is 0.419 e. The van der Waals surface area contributed by atoms with E-state index in [9.17, 15) is 32.4 Å². The topological polar surface area (TPSA) is 141 Å². The predicted octanol–water partition coefficient (Wildman–Crippen LogP) is 7.63. The first-order valence-electron chi connectivity index (χ1n) is 15.8. The number of nitrogens with zero attached hydrogens (tertiary/aromatic N) is 4. The molecule has 1 atom stereocenters. The SMILES string of the molecule is COC(=O)Nc1ccc2c(c1)NC(=O)C(C)(C)CCC[C@H](c1ccc(-c3c(-n4cc(C(F)(F)F)cn4)ccc(F)c3F)c[n+]1[O-])c1nc-2c(C)[nH]1. The Kier molecular flexibility index (Phi) is 9.04. The number of anilines is 2. The number of nitrogens with one attached hydrogen (secondary N) is 3. The van der Waals surface area contributed by atoms with Crippen molar-refractivity contribution in [2.75, 3.05) is 17.7 Å². The smallest absolute Gasteiger partial charge is 0.419 e. The number of aromatic amines is 1. The van der Waals surface area contributed by atoms with Crippen molar-refractivity contribution in [3.8, 4) is 28.1 Å². The number of imidazole rings is 1. The minimum absolute atomic E-state index is 0.0997. The first kappa shape index (κ1) is 35.0. The van der Waals surface area contributed by atoms with Gasteiger partial charge in [0.05, 0.1) is 47.1 Å². The van der Waals surface area contributed by atoms with Gasteiger partial charge in [0, 0.05) is 34.6 Å². The van der Waals surface area contributed by atoms with Crippen LogP contribution in [-0.4, -0.2) is 38.9 Å². The molecule has 266 valence electrons. The van der Waals surface area contributed by atoms with Gasteiger partial charge in [-0.25, -0.2) is 23.2 Å². The minimum atomic E-state index is -4.72. The molecule has 51 heavy (non-hydrogen) atoms. The number of fused-ring (bicyclic) bond motifs is 4. The highest BCUT2D eigenvalue weighted by Gasteiger charge is 2.35. The highest BCUT2D eigenvalue weighted by Crippen LogP contribution is 2.39. The van der Waals surface area contributed by atoms with E-state index in [4.69, 9.17) is 9.72 Å². The second-order valence-electron chi connectivity index (χ2n) is 12.9. The summed E-state index contributed by atoms with van der Waals surface area (Å²) in [5.41, 5.74) is -0.114. The zero-order chi connectivity index (χ0) is 36.8. The van der Waals surface area contributed by atoms with Crippen molar-refractivity contribution in [1.29, 1.82) is 0 Å². The number of aryl methyl sites for hydroxylation is 1. The summed E-state index contributed by atoms with van der Waals surface area (Å²) in [5, 5.41) is 23.0. The van der Waals surface area contributed by atoms with Gasteiger partial charge < -0.3 is 20.2 Å². The van der Waals surface area contributed by atoms with Crippen molar-refractivity contribution < 1.29 is 41.0 Å². The molecule has 5 aromatic rings. The van der Waals surface area contributed by atoms with Crippen LogP contribution in [0, 0.1) is 29.2 Å². The van der Waals surface area contributed by atoms with Crippen LogP contribution in [0.2, 0.25) is 0 Å². The number of benzene rings is 2. The molecule has 0 aliphatic carbocycles. The Morgan fingerprint density at radius 3 is 2.61 bits per heavy atom. The van der Waals surface area contributed by atoms with E-state index in [2.05, 4.69) is 20.7 Å². The Morgan fingerprint density at radius 2 is 1.92 bits per heavy atom. The molecule has 1 aliphatic rings. The zero-order valence-electron chi connectivity index (χ0n) is 27.8. The fraction of sp³-hybridized carbons (Fsp3) is 0.286. The van der Waals surface area contributed by atoms with Crippen molar-refractivity contribution in [2.45, 2.75) is 52.1 Å². The van der Waals surface area contributed by atoms with Crippen molar-refractivity contribution >= 4 is 23.4 Å².